The van der Waals surface area contributed by atoms with E-state index in [0.29, 0.717) is 25.5 Å². The zero-order chi connectivity index (χ0) is 17.2. The Morgan fingerprint density at radius 1 is 1.32 bits per heavy atom. The zero-order valence-corrected chi connectivity index (χ0v) is 14.3. The summed E-state index contributed by atoms with van der Waals surface area (Å²) in [5.41, 5.74) is 1.93. The summed E-state index contributed by atoms with van der Waals surface area (Å²) in [6, 6.07) is 5.71. The minimum atomic E-state index is -0.116. The first-order valence-electron chi connectivity index (χ1n) is 8.71. The highest BCUT2D eigenvalue weighted by Gasteiger charge is 2.45. The molecule has 2 aromatic heterocycles. The van der Waals surface area contributed by atoms with E-state index in [0.717, 1.165) is 24.0 Å². The average molecular weight is 342 g/mol. The van der Waals surface area contributed by atoms with E-state index in [2.05, 4.69) is 4.98 Å². The van der Waals surface area contributed by atoms with Crippen LogP contribution in [0.2, 0.25) is 0 Å². The summed E-state index contributed by atoms with van der Waals surface area (Å²) in [5, 5.41) is 0. The van der Waals surface area contributed by atoms with Crippen molar-refractivity contribution in [3.05, 3.63) is 53.7 Å². The number of rotatable bonds is 4. The number of carbonyl (C=O) groups excluding carboxylic acids is 1. The standard InChI is InChI=1S/C19H22N2O4/c1-13-6-10-24-17(13)19(22)21-9-11-23-16-3-2-15(21)18(16)25-12-14-4-7-20-8-5-14/h4-8,10,15-16,18H,2-3,9,11-12H2,1H3. The topological polar surface area (TPSA) is 64.8 Å². The van der Waals surface area contributed by atoms with Crippen LogP contribution in [0.4, 0.5) is 0 Å². The average Bonchev–Trinajstić information content (AvgIpc) is 3.17. The molecule has 3 heterocycles. The van der Waals surface area contributed by atoms with Gasteiger partial charge in [0, 0.05) is 24.5 Å². The Hall–Kier alpha value is -2.18. The summed E-state index contributed by atoms with van der Waals surface area (Å²) in [4.78, 5) is 18.9. The molecule has 1 saturated heterocycles. The molecule has 2 aromatic rings. The number of amides is 1. The Bertz CT molecular complexity index is 730. The smallest absolute Gasteiger partial charge is 0.290 e. The third-order valence-electron chi connectivity index (χ3n) is 5.07. The quantitative estimate of drug-likeness (QED) is 0.854. The van der Waals surface area contributed by atoms with Crippen LogP contribution in [0.5, 0.6) is 0 Å². The van der Waals surface area contributed by atoms with Gasteiger partial charge in [-0.1, -0.05) is 0 Å². The first-order chi connectivity index (χ1) is 12.2. The van der Waals surface area contributed by atoms with E-state index < -0.39 is 0 Å². The van der Waals surface area contributed by atoms with Crippen LogP contribution in [0.15, 0.2) is 41.3 Å². The van der Waals surface area contributed by atoms with Crippen LogP contribution in [-0.4, -0.2) is 47.2 Å². The van der Waals surface area contributed by atoms with Crippen molar-refractivity contribution < 1.29 is 18.7 Å². The number of pyridine rings is 1. The normalized spacial score (nSPS) is 25.8. The van der Waals surface area contributed by atoms with Gasteiger partial charge >= 0.3 is 0 Å². The van der Waals surface area contributed by atoms with Crippen LogP contribution < -0.4 is 0 Å². The number of hydrogen-bond acceptors (Lipinski definition) is 5. The lowest BCUT2D eigenvalue weighted by Crippen LogP contribution is -2.46. The maximum atomic E-state index is 13.0. The van der Waals surface area contributed by atoms with Gasteiger partial charge in [-0.25, -0.2) is 0 Å². The summed E-state index contributed by atoms with van der Waals surface area (Å²) >= 11 is 0. The molecule has 132 valence electrons. The van der Waals surface area contributed by atoms with Crippen LogP contribution in [0.25, 0.3) is 0 Å². The first kappa shape index (κ1) is 16.3. The van der Waals surface area contributed by atoms with Crippen LogP contribution in [0, 0.1) is 6.92 Å². The molecule has 2 fully saturated rings. The maximum absolute atomic E-state index is 13.0. The van der Waals surface area contributed by atoms with E-state index in [1.807, 2.05) is 30.0 Å². The van der Waals surface area contributed by atoms with E-state index >= 15 is 0 Å². The lowest BCUT2D eigenvalue weighted by molar-refractivity contribution is -0.0598. The summed E-state index contributed by atoms with van der Waals surface area (Å²) in [6.07, 6.45) is 6.80. The van der Waals surface area contributed by atoms with Crippen LogP contribution in [0.1, 0.15) is 34.5 Å². The molecule has 0 spiro atoms. The summed E-state index contributed by atoms with van der Waals surface area (Å²) in [6.45, 7) is 3.47. The number of hydrogen-bond donors (Lipinski definition) is 0. The highest BCUT2D eigenvalue weighted by molar-refractivity contribution is 5.93. The summed E-state index contributed by atoms with van der Waals surface area (Å²) < 4.78 is 17.6. The molecule has 1 aliphatic heterocycles. The molecule has 1 amide bonds. The van der Waals surface area contributed by atoms with Crippen LogP contribution >= 0.6 is 0 Å². The van der Waals surface area contributed by atoms with Gasteiger partial charge in [-0.3, -0.25) is 9.78 Å². The third kappa shape index (κ3) is 3.19. The van der Waals surface area contributed by atoms with Gasteiger partial charge in [0.2, 0.25) is 0 Å². The molecule has 4 rings (SSSR count). The van der Waals surface area contributed by atoms with Crippen molar-refractivity contribution in [3.63, 3.8) is 0 Å². The Morgan fingerprint density at radius 2 is 2.16 bits per heavy atom. The van der Waals surface area contributed by atoms with Crippen molar-refractivity contribution in [3.8, 4) is 0 Å². The van der Waals surface area contributed by atoms with E-state index in [4.69, 9.17) is 13.9 Å². The van der Waals surface area contributed by atoms with E-state index in [1.54, 1.807) is 18.7 Å². The van der Waals surface area contributed by atoms with Crippen molar-refractivity contribution in [2.75, 3.05) is 13.2 Å². The molecule has 3 atom stereocenters. The summed E-state index contributed by atoms with van der Waals surface area (Å²) in [5.74, 6) is 0.342. The van der Waals surface area contributed by atoms with Crippen molar-refractivity contribution in [2.24, 2.45) is 0 Å². The molecule has 6 heteroatoms. The van der Waals surface area contributed by atoms with E-state index in [-0.39, 0.29) is 24.2 Å². The monoisotopic (exact) mass is 342 g/mol. The van der Waals surface area contributed by atoms with Gasteiger partial charge < -0.3 is 18.8 Å². The number of ether oxygens (including phenoxy) is 2. The molecule has 0 radical (unpaired) electrons. The number of fused-ring (bicyclic) bond motifs is 2. The van der Waals surface area contributed by atoms with Gasteiger partial charge in [-0.05, 0) is 43.5 Å². The van der Waals surface area contributed by atoms with Gasteiger partial charge in [0.15, 0.2) is 5.76 Å². The minimum Gasteiger partial charge on any atom is -0.459 e. The van der Waals surface area contributed by atoms with Gasteiger partial charge in [-0.2, -0.15) is 0 Å². The Kier molecular flexibility index (Phi) is 4.55. The largest absolute Gasteiger partial charge is 0.459 e. The van der Waals surface area contributed by atoms with Crippen molar-refractivity contribution >= 4 is 5.91 Å². The SMILES string of the molecule is Cc1ccoc1C(=O)N1CCOC2CCC1C2OCc1ccncc1. The minimum absolute atomic E-state index is 0.0198. The van der Waals surface area contributed by atoms with Gasteiger partial charge in [-0.15, -0.1) is 0 Å². The Morgan fingerprint density at radius 3 is 2.92 bits per heavy atom. The lowest BCUT2D eigenvalue weighted by atomic mass is 10.1. The zero-order valence-electron chi connectivity index (χ0n) is 14.3. The van der Waals surface area contributed by atoms with Crippen molar-refractivity contribution in [1.29, 1.82) is 0 Å². The van der Waals surface area contributed by atoms with E-state index in [1.165, 1.54) is 0 Å². The molecule has 0 N–H and O–H groups in total. The highest BCUT2D eigenvalue weighted by atomic mass is 16.5. The van der Waals surface area contributed by atoms with E-state index in [9.17, 15) is 4.79 Å². The molecule has 0 aromatic carbocycles. The lowest BCUT2D eigenvalue weighted by Gasteiger charge is -2.30. The van der Waals surface area contributed by atoms with Crippen molar-refractivity contribution in [2.45, 2.75) is 44.6 Å². The second-order valence-corrected chi connectivity index (χ2v) is 6.62. The molecule has 2 bridgehead atoms. The molecular weight excluding hydrogens is 320 g/mol. The second kappa shape index (κ2) is 6.98. The van der Waals surface area contributed by atoms with Crippen LogP contribution in [0.3, 0.4) is 0 Å². The Labute approximate surface area is 146 Å². The first-order valence-corrected chi connectivity index (χ1v) is 8.71. The fraction of sp³-hybridized carbons (Fsp3) is 0.474. The number of aryl methyl sites for hydroxylation is 1. The van der Waals surface area contributed by atoms with Crippen LogP contribution in [-0.2, 0) is 16.1 Å². The predicted molar refractivity (Wildman–Crippen MR) is 90.1 cm³/mol. The Balaban J connectivity index is 1.52. The maximum Gasteiger partial charge on any atom is 0.290 e. The summed E-state index contributed by atoms with van der Waals surface area (Å²) in [7, 11) is 0. The molecule has 6 nitrogen and oxygen atoms in total. The number of furan rings is 1. The predicted octanol–water partition coefficient (Wildman–Crippen LogP) is 2.57. The van der Waals surface area contributed by atoms with Gasteiger partial charge in [0.05, 0.1) is 31.6 Å². The van der Waals surface area contributed by atoms with Crippen molar-refractivity contribution in [1.82, 2.24) is 9.88 Å². The molecule has 25 heavy (non-hydrogen) atoms. The molecular formula is C19H22N2O4. The van der Waals surface area contributed by atoms with Gasteiger partial charge in [0.1, 0.15) is 6.10 Å². The number of aromatic nitrogens is 1. The number of nitrogens with zero attached hydrogens (tertiary/aromatic N) is 2. The highest BCUT2D eigenvalue weighted by Crippen LogP contribution is 2.33. The number of carbonyl (C=O) groups is 1. The third-order valence-corrected chi connectivity index (χ3v) is 5.07. The fourth-order valence-electron chi connectivity index (χ4n) is 3.76. The molecule has 2 aliphatic rings. The fourth-order valence-corrected chi connectivity index (χ4v) is 3.76. The second-order valence-electron chi connectivity index (χ2n) is 6.62. The molecule has 1 aliphatic carbocycles. The van der Waals surface area contributed by atoms with Gasteiger partial charge in [0.25, 0.3) is 5.91 Å². The molecule has 3 unspecified atom stereocenters. The molecule has 1 saturated carbocycles.